The summed E-state index contributed by atoms with van der Waals surface area (Å²) in [5.41, 5.74) is 0. The lowest BCUT2D eigenvalue weighted by Gasteiger charge is -2.39. The zero-order valence-corrected chi connectivity index (χ0v) is 14.4. The van der Waals surface area contributed by atoms with E-state index < -0.39 is 27.1 Å². The van der Waals surface area contributed by atoms with Crippen molar-refractivity contribution in [1.29, 1.82) is 0 Å². The van der Waals surface area contributed by atoms with E-state index in [1.165, 1.54) is 19.2 Å². The predicted molar refractivity (Wildman–Crippen MR) is 86.5 cm³/mol. The van der Waals surface area contributed by atoms with Gasteiger partial charge in [-0.3, -0.25) is 9.69 Å². The molecule has 1 aliphatic heterocycles. The Morgan fingerprint density at radius 3 is 2.39 bits per heavy atom. The second kappa shape index (κ2) is 6.88. The minimum Gasteiger partial charge on any atom is -0.497 e. The molecule has 7 heteroatoms. The summed E-state index contributed by atoms with van der Waals surface area (Å²) >= 11 is 0. The maximum absolute atomic E-state index is 12.8. The number of aliphatic carboxylic acids is 1. The number of hydrogen-bond acceptors (Lipinski definition) is 5. The van der Waals surface area contributed by atoms with Crippen LogP contribution < -0.4 is 4.74 Å². The van der Waals surface area contributed by atoms with Gasteiger partial charge in [0.1, 0.15) is 11.8 Å². The summed E-state index contributed by atoms with van der Waals surface area (Å²) in [7, 11) is -2.03. The highest BCUT2D eigenvalue weighted by Gasteiger charge is 2.40. The Balaban J connectivity index is 2.24. The van der Waals surface area contributed by atoms with Gasteiger partial charge in [0.15, 0.2) is 9.84 Å². The van der Waals surface area contributed by atoms with Crippen molar-refractivity contribution in [3.63, 3.8) is 0 Å². The van der Waals surface area contributed by atoms with Gasteiger partial charge in [-0.2, -0.15) is 0 Å². The average Bonchev–Trinajstić information content (AvgIpc) is 2.54. The first-order valence-electron chi connectivity index (χ1n) is 7.64. The van der Waals surface area contributed by atoms with E-state index >= 15 is 0 Å². The summed E-state index contributed by atoms with van der Waals surface area (Å²) in [6.45, 7) is 4.32. The number of methoxy groups -OCH3 is 1. The SMILES string of the molecule is COc1ccc(S(=O)(=O)C2CCN(C(C)C)C(C(=O)O)C2)cc1. The number of carboxylic acids is 1. The Morgan fingerprint density at radius 2 is 1.91 bits per heavy atom. The van der Waals surface area contributed by atoms with Crippen molar-refractivity contribution in [3.8, 4) is 5.75 Å². The van der Waals surface area contributed by atoms with Gasteiger partial charge in [0.25, 0.3) is 0 Å². The highest BCUT2D eigenvalue weighted by Crippen LogP contribution is 2.29. The van der Waals surface area contributed by atoms with Gasteiger partial charge in [-0.15, -0.1) is 0 Å². The van der Waals surface area contributed by atoms with Crippen LogP contribution in [-0.2, 0) is 14.6 Å². The molecule has 1 aromatic rings. The van der Waals surface area contributed by atoms with Crippen molar-refractivity contribution in [2.24, 2.45) is 0 Å². The van der Waals surface area contributed by atoms with Gasteiger partial charge in [0, 0.05) is 12.6 Å². The highest BCUT2D eigenvalue weighted by molar-refractivity contribution is 7.92. The van der Waals surface area contributed by atoms with Crippen molar-refractivity contribution in [2.75, 3.05) is 13.7 Å². The van der Waals surface area contributed by atoms with E-state index in [2.05, 4.69) is 0 Å². The topological polar surface area (TPSA) is 83.9 Å². The molecule has 2 atom stereocenters. The third-order valence-electron chi connectivity index (χ3n) is 4.37. The van der Waals surface area contributed by atoms with Crippen molar-refractivity contribution >= 4 is 15.8 Å². The number of ether oxygens (including phenoxy) is 1. The molecule has 0 bridgehead atoms. The summed E-state index contributed by atoms with van der Waals surface area (Å²) in [5, 5.41) is 8.75. The van der Waals surface area contributed by atoms with Crippen LogP contribution in [0.4, 0.5) is 0 Å². The van der Waals surface area contributed by atoms with E-state index in [0.29, 0.717) is 18.7 Å². The number of hydrogen-bond donors (Lipinski definition) is 1. The first-order chi connectivity index (χ1) is 10.8. The zero-order chi connectivity index (χ0) is 17.2. The standard InChI is InChI=1S/C16H23NO5S/c1-11(2)17-9-8-14(10-15(17)16(18)19)23(20,21)13-6-4-12(22-3)5-7-13/h4-7,11,14-15H,8-10H2,1-3H3,(H,18,19). The van der Waals surface area contributed by atoms with Crippen molar-refractivity contribution in [2.45, 2.75) is 48.9 Å². The second-order valence-electron chi connectivity index (χ2n) is 6.05. The number of rotatable bonds is 5. The van der Waals surface area contributed by atoms with E-state index in [9.17, 15) is 18.3 Å². The Kier molecular flexibility index (Phi) is 5.31. The molecule has 0 spiro atoms. The first-order valence-corrected chi connectivity index (χ1v) is 9.18. The van der Waals surface area contributed by atoms with Crippen LogP contribution in [0.1, 0.15) is 26.7 Å². The van der Waals surface area contributed by atoms with Crippen LogP contribution in [0.15, 0.2) is 29.2 Å². The molecule has 1 fully saturated rings. The largest absolute Gasteiger partial charge is 0.497 e. The van der Waals surface area contributed by atoms with E-state index in [1.54, 1.807) is 12.1 Å². The van der Waals surface area contributed by atoms with E-state index in [4.69, 9.17) is 4.74 Å². The quantitative estimate of drug-likeness (QED) is 0.879. The average molecular weight is 341 g/mol. The zero-order valence-electron chi connectivity index (χ0n) is 13.6. The fourth-order valence-corrected chi connectivity index (χ4v) is 4.80. The van der Waals surface area contributed by atoms with Crippen LogP contribution >= 0.6 is 0 Å². The maximum atomic E-state index is 12.8. The molecule has 1 saturated heterocycles. The van der Waals surface area contributed by atoms with E-state index in [1.807, 2.05) is 18.7 Å². The molecule has 0 saturated carbocycles. The van der Waals surface area contributed by atoms with E-state index in [-0.39, 0.29) is 17.4 Å². The summed E-state index contributed by atoms with van der Waals surface area (Å²) in [5.74, 6) is -0.379. The molecule has 0 amide bonds. The fourth-order valence-electron chi connectivity index (χ4n) is 3.05. The van der Waals surface area contributed by atoms with Crippen LogP contribution in [0.2, 0.25) is 0 Å². The molecule has 0 aliphatic carbocycles. The van der Waals surface area contributed by atoms with Crippen LogP contribution in [0.25, 0.3) is 0 Å². The molecule has 1 aliphatic rings. The summed E-state index contributed by atoms with van der Waals surface area (Å²) in [6, 6.07) is 5.54. The number of carbonyl (C=O) groups is 1. The number of carboxylic acid groups (broad SMARTS) is 1. The molecule has 2 unspecified atom stereocenters. The number of nitrogens with zero attached hydrogens (tertiary/aromatic N) is 1. The van der Waals surface area contributed by atoms with Crippen LogP contribution in [0.5, 0.6) is 5.75 Å². The van der Waals surface area contributed by atoms with Crippen molar-refractivity contribution in [1.82, 2.24) is 4.90 Å². The van der Waals surface area contributed by atoms with Gasteiger partial charge >= 0.3 is 5.97 Å². The molecular weight excluding hydrogens is 318 g/mol. The highest BCUT2D eigenvalue weighted by atomic mass is 32.2. The molecule has 1 N–H and O–H groups in total. The molecule has 0 radical (unpaired) electrons. The predicted octanol–water partition coefficient (Wildman–Crippen LogP) is 1.79. The number of likely N-dealkylation sites (tertiary alicyclic amines) is 1. The van der Waals surface area contributed by atoms with Gasteiger partial charge < -0.3 is 9.84 Å². The Hall–Kier alpha value is -1.60. The lowest BCUT2D eigenvalue weighted by molar-refractivity contribution is -0.145. The Labute approximate surface area is 137 Å². The number of benzene rings is 1. The van der Waals surface area contributed by atoms with Crippen molar-refractivity contribution < 1.29 is 23.1 Å². The lowest BCUT2D eigenvalue weighted by atomic mass is 10.00. The monoisotopic (exact) mass is 341 g/mol. The summed E-state index contributed by atoms with van der Waals surface area (Å²) in [4.78, 5) is 13.6. The smallest absolute Gasteiger partial charge is 0.320 e. The molecule has 1 heterocycles. The molecule has 6 nitrogen and oxygen atoms in total. The normalized spacial score (nSPS) is 23.0. The second-order valence-corrected chi connectivity index (χ2v) is 8.28. The Morgan fingerprint density at radius 1 is 1.30 bits per heavy atom. The van der Waals surface area contributed by atoms with Gasteiger partial charge in [0.2, 0.25) is 0 Å². The first kappa shape index (κ1) is 17.7. The third-order valence-corrected chi connectivity index (χ3v) is 6.61. The summed E-state index contributed by atoms with van der Waals surface area (Å²) in [6.07, 6.45) is 0.554. The third kappa shape index (κ3) is 3.67. The molecule has 0 aromatic heterocycles. The molecule has 128 valence electrons. The number of piperidine rings is 1. The molecule has 2 rings (SSSR count). The van der Waals surface area contributed by atoms with Gasteiger partial charge in [-0.1, -0.05) is 0 Å². The van der Waals surface area contributed by atoms with Crippen LogP contribution in [0.3, 0.4) is 0 Å². The van der Waals surface area contributed by atoms with Gasteiger partial charge in [0.05, 0.1) is 17.3 Å². The van der Waals surface area contributed by atoms with Crippen LogP contribution in [-0.4, -0.2) is 55.4 Å². The maximum Gasteiger partial charge on any atom is 0.320 e. The lowest BCUT2D eigenvalue weighted by Crippen LogP contribution is -2.52. The van der Waals surface area contributed by atoms with Crippen molar-refractivity contribution in [3.05, 3.63) is 24.3 Å². The molecule has 1 aromatic carbocycles. The Bertz CT molecular complexity index is 654. The van der Waals surface area contributed by atoms with E-state index in [0.717, 1.165) is 0 Å². The van der Waals surface area contributed by atoms with Crippen LogP contribution in [0, 0.1) is 0 Å². The van der Waals surface area contributed by atoms with Gasteiger partial charge in [-0.05, 0) is 51.0 Å². The summed E-state index contributed by atoms with van der Waals surface area (Å²) < 4.78 is 30.6. The minimum atomic E-state index is -3.55. The number of sulfone groups is 1. The molecule has 23 heavy (non-hydrogen) atoms. The molecular formula is C16H23NO5S. The minimum absolute atomic E-state index is 0.0701. The fraction of sp³-hybridized carbons (Fsp3) is 0.562. The van der Waals surface area contributed by atoms with Gasteiger partial charge in [-0.25, -0.2) is 8.42 Å².